The van der Waals surface area contributed by atoms with Gasteiger partial charge in [-0.05, 0) is 43.4 Å². The fraction of sp³-hybridized carbons (Fsp3) is 0.357. The lowest BCUT2D eigenvalue weighted by Crippen LogP contribution is -2.06. The second-order valence-electron chi connectivity index (χ2n) is 4.62. The Balaban J connectivity index is 2.04. The molecule has 2 nitrogen and oxygen atoms in total. The lowest BCUT2D eigenvalue weighted by atomic mass is 10.0. The second kappa shape index (κ2) is 5.06. The van der Waals surface area contributed by atoms with Crippen molar-refractivity contribution in [3.05, 3.63) is 46.5 Å². The molecule has 0 fully saturated rings. The topological polar surface area (TPSA) is 17.8 Å². The highest BCUT2D eigenvalue weighted by Gasteiger charge is 2.16. The SMILES string of the molecule is Clc1cc(-n2cnc3c2CCCC3)ccc1CBr. The first-order chi connectivity index (χ1) is 8.79. The Morgan fingerprint density at radius 2 is 2.11 bits per heavy atom. The Morgan fingerprint density at radius 1 is 1.28 bits per heavy atom. The molecule has 0 unspecified atom stereocenters. The summed E-state index contributed by atoms with van der Waals surface area (Å²) in [6.07, 6.45) is 6.66. The Morgan fingerprint density at radius 3 is 2.89 bits per heavy atom. The highest BCUT2D eigenvalue weighted by Crippen LogP contribution is 2.26. The highest BCUT2D eigenvalue weighted by atomic mass is 79.9. The maximum absolute atomic E-state index is 6.27. The lowest BCUT2D eigenvalue weighted by Gasteiger charge is -2.14. The molecule has 1 heterocycles. The molecule has 0 bridgehead atoms. The van der Waals surface area contributed by atoms with Crippen molar-refractivity contribution in [3.8, 4) is 5.69 Å². The predicted octanol–water partition coefficient (Wildman–Crippen LogP) is 4.30. The van der Waals surface area contributed by atoms with Crippen LogP contribution in [0.25, 0.3) is 5.69 Å². The van der Waals surface area contributed by atoms with Crippen molar-refractivity contribution < 1.29 is 0 Å². The molecule has 0 saturated carbocycles. The van der Waals surface area contributed by atoms with Crippen LogP contribution >= 0.6 is 27.5 Å². The largest absolute Gasteiger partial charge is 0.303 e. The number of benzene rings is 1. The number of halogens is 2. The summed E-state index contributed by atoms with van der Waals surface area (Å²) in [5, 5.41) is 1.59. The maximum Gasteiger partial charge on any atom is 0.0997 e. The molecule has 1 aliphatic rings. The van der Waals surface area contributed by atoms with Crippen molar-refractivity contribution in [2.75, 3.05) is 0 Å². The van der Waals surface area contributed by atoms with Crippen molar-refractivity contribution in [1.29, 1.82) is 0 Å². The van der Waals surface area contributed by atoms with E-state index in [1.807, 2.05) is 12.4 Å². The van der Waals surface area contributed by atoms with E-state index in [1.54, 1.807) is 0 Å². The van der Waals surface area contributed by atoms with Crippen LogP contribution in [0.4, 0.5) is 0 Å². The van der Waals surface area contributed by atoms with Crippen LogP contribution in [-0.4, -0.2) is 9.55 Å². The maximum atomic E-state index is 6.27. The van der Waals surface area contributed by atoms with Gasteiger partial charge in [0.2, 0.25) is 0 Å². The number of fused-ring (bicyclic) bond motifs is 1. The van der Waals surface area contributed by atoms with Gasteiger partial charge in [-0.1, -0.05) is 33.6 Å². The van der Waals surface area contributed by atoms with Gasteiger partial charge in [-0.3, -0.25) is 0 Å². The zero-order chi connectivity index (χ0) is 12.5. The van der Waals surface area contributed by atoms with Gasteiger partial charge in [-0.25, -0.2) is 4.98 Å². The molecule has 1 aromatic carbocycles. The van der Waals surface area contributed by atoms with Crippen molar-refractivity contribution in [3.63, 3.8) is 0 Å². The van der Waals surface area contributed by atoms with Crippen LogP contribution < -0.4 is 0 Å². The van der Waals surface area contributed by atoms with Gasteiger partial charge >= 0.3 is 0 Å². The van der Waals surface area contributed by atoms with E-state index < -0.39 is 0 Å². The van der Waals surface area contributed by atoms with Crippen molar-refractivity contribution in [2.24, 2.45) is 0 Å². The monoisotopic (exact) mass is 324 g/mol. The lowest BCUT2D eigenvalue weighted by molar-refractivity contribution is 0.656. The molecule has 0 amide bonds. The predicted molar refractivity (Wildman–Crippen MR) is 77.8 cm³/mol. The molecule has 94 valence electrons. The zero-order valence-corrected chi connectivity index (χ0v) is 12.3. The fourth-order valence-electron chi connectivity index (χ4n) is 2.49. The Labute approximate surface area is 120 Å². The average Bonchev–Trinajstić information content (AvgIpc) is 2.82. The molecule has 3 rings (SSSR count). The molecule has 1 aliphatic carbocycles. The van der Waals surface area contributed by atoms with E-state index >= 15 is 0 Å². The third kappa shape index (κ3) is 2.10. The van der Waals surface area contributed by atoms with Crippen molar-refractivity contribution >= 4 is 27.5 Å². The number of aryl methyl sites for hydroxylation is 1. The number of imidazole rings is 1. The first-order valence-electron chi connectivity index (χ1n) is 6.19. The number of alkyl halides is 1. The summed E-state index contributed by atoms with van der Waals surface area (Å²) in [5.74, 6) is 0. The van der Waals surface area contributed by atoms with Gasteiger partial charge in [0.1, 0.15) is 0 Å². The van der Waals surface area contributed by atoms with Gasteiger partial charge in [0.15, 0.2) is 0 Å². The molecule has 0 N–H and O–H groups in total. The number of hydrogen-bond acceptors (Lipinski definition) is 1. The van der Waals surface area contributed by atoms with Crippen LogP contribution in [0.3, 0.4) is 0 Å². The van der Waals surface area contributed by atoms with Gasteiger partial charge < -0.3 is 4.57 Å². The van der Waals surface area contributed by atoms with E-state index in [1.165, 1.54) is 24.2 Å². The molecule has 4 heteroatoms. The van der Waals surface area contributed by atoms with E-state index in [9.17, 15) is 0 Å². The Hall–Kier alpha value is -0.800. The third-order valence-electron chi connectivity index (χ3n) is 3.49. The minimum Gasteiger partial charge on any atom is -0.303 e. The average molecular weight is 326 g/mol. The fourth-order valence-corrected chi connectivity index (χ4v) is 3.38. The molecule has 2 aromatic rings. The normalized spacial score (nSPS) is 14.6. The Bertz CT molecular complexity index is 577. The van der Waals surface area contributed by atoms with Crippen LogP contribution in [0.2, 0.25) is 5.02 Å². The summed E-state index contributed by atoms with van der Waals surface area (Å²) < 4.78 is 2.18. The summed E-state index contributed by atoms with van der Waals surface area (Å²) in [6.45, 7) is 0. The summed E-state index contributed by atoms with van der Waals surface area (Å²) in [4.78, 5) is 4.52. The van der Waals surface area contributed by atoms with E-state index in [0.717, 1.165) is 34.4 Å². The number of rotatable bonds is 2. The zero-order valence-electron chi connectivity index (χ0n) is 10.00. The van der Waals surface area contributed by atoms with Gasteiger partial charge in [-0.15, -0.1) is 0 Å². The molecule has 0 radical (unpaired) electrons. The Kier molecular flexibility index (Phi) is 3.44. The first-order valence-corrected chi connectivity index (χ1v) is 7.69. The van der Waals surface area contributed by atoms with Crippen LogP contribution in [0.15, 0.2) is 24.5 Å². The van der Waals surface area contributed by atoms with Crippen LogP contribution in [0, 0.1) is 0 Å². The van der Waals surface area contributed by atoms with Crippen LogP contribution in [0.5, 0.6) is 0 Å². The molecule has 0 atom stereocenters. The van der Waals surface area contributed by atoms with E-state index in [4.69, 9.17) is 11.6 Å². The number of hydrogen-bond donors (Lipinski definition) is 0. The van der Waals surface area contributed by atoms with E-state index in [2.05, 4.69) is 37.6 Å². The smallest absolute Gasteiger partial charge is 0.0997 e. The summed E-state index contributed by atoms with van der Waals surface area (Å²) in [5.41, 5.74) is 4.83. The molecular formula is C14H14BrClN2. The quantitative estimate of drug-likeness (QED) is 0.753. The van der Waals surface area contributed by atoms with E-state index in [0.29, 0.717) is 0 Å². The minimum absolute atomic E-state index is 0.786. The number of nitrogens with zero attached hydrogens (tertiary/aromatic N) is 2. The summed E-state index contributed by atoms with van der Waals surface area (Å²) in [6, 6.07) is 6.20. The third-order valence-corrected chi connectivity index (χ3v) is 4.44. The second-order valence-corrected chi connectivity index (χ2v) is 5.59. The van der Waals surface area contributed by atoms with Gasteiger partial charge in [0.05, 0.1) is 12.0 Å². The molecule has 1 aromatic heterocycles. The first kappa shape index (κ1) is 12.2. The van der Waals surface area contributed by atoms with Gasteiger partial charge in [0, 0.05) is 21.7 Å². The standard InChI is InChI=1S/C14H14BrClN2/c15-8-10-5-6-11(7-12(10)16)18-9-17-13-3-1-2-4-14(13)18/h5-7,9H,1-4,8H2. The van der Waals surface area contributed by atoms with Gasteiger partial charge in [-0.2, -0.15) is 0 Å². The van der Waals surface area contributed by atoms with Crippen molar-refractivity contribution in [1.82, 2.24) is 9.55 Å². The van der Waals surface area contributed by atoms with E-state index in [-0.39, 0.29) is 0 Å². The van der Waals surface area contributed by atoms with Crippen LogP contribution in [-0.2, 0) is 18.2 Å². The molecular weight excluding hydrogens is 312 g/mol. The molecule has 18 heavy (non-hydrogen) atoms. The summed E-state index contributed by atoms with van der Waals surface area (Å²) >= 11 is 9.70. The molecule has 0 aliphatic heterocycles. The molecule has 0 saturated heterocycles. The summed E-state index contributed by atoms with van der Waals surface area (Å²) in [7, 11) is 0. The minimum atomic E-state index is 0.786. The van der Waals surface area contributed by atoms with Crippen molar-refractivity contribution in [2.45, 2.75) is 31.0 Å². The molecule has 0 spiro atoms. The van der Waals surface area contributed by atoms with Crippen LogP contribution in [0.1, 0.15) is 29.8 Å². The van der Waals surface area contributed by atoms with Gasteiger partial charge in [0.25, 0.3) is 0 Å². The highest BCUT2D eigenvalue weighted by molar-refractivity contribution is 9.08. The number of aromatic nitrogens is 2.